The molecule has 2 aromatic heterocycles. The van der Waals surface area contributed by atoms with E-state index in [1.165, 1.54) is 4.63 Å². The molecule has 3 rings (SSSR count). The lowest BCUT2D eigenvalue weighted by molar-refractivity contribution is -0.142. The van der Waals surface area contributed by atoms with E-state index in [1.807, 2.05) is 17.9 Å². The van der Waals surface area contributed by atoms with Crippen molar-refractivity contribution in [2.45, 2.75) is 6.92 Å². The Bertz CT molecular complexity index is 597. The molecule has 3 heterocycles. The number of nitrogens with zero attached hydrogens (tertiary/aromatic N) is 6. The highest BCUT2D eigenvalue weighted by atomic mass is 16.4. The van der Waals surface area contributed by atoms with E-state index >= 15 is 0 Å². The Kier molecular flexibility index (Phi) is 2.35. The highest BCUT2D eigenvalue weighted by Crippen LogP contribution is 2.26. The van der Waals surface area contributed by atoms with E-state index in [1.54, 1.807) is 6.07 Å². The molecule has 18 heavy (non-hydrogen) atoms. The van der Waals surface area contributed by atoms with Crippen LogP contribution in [0.2, 0.25) is 0 Å². The number of anilines is 1. The summed E-state index contributed by atoms with van der Waals surface area (Å²) in [4.78, 5) is 13.0. The fourth-order valence-electron chi connectivity index (χ4n) is 2.28. The van der Waals surface area contributed by atoms with Crippen molar-refractivity contribution in [1.82, 2.24) is 25.3 Å². The minimum atomic E-state index is -0.756. The first-order chi connectivity index (χ1) is 8.65. The summed E-state index contributed by atoms with van der Waals surface area (Å²) in [6, 6.07) is 3.57. The van der Waals surface area contributed by atoms with Gasteiger partial charge in [0.15, 0.2) is 11.5 Å². The van der Waals surface area contributed by atoms with Gasteiger partial charge in [-0.25, -0.2) is 0 Å². The number of aliphatic carboxylic acids is 1. The molecule has 2 atom stereocenters. The zero-order valence-corrected chi connectivity index (χ0v) is 9.76. The third kappa shape index (κ3) is 1.66. The number of carboxylic acids is 1. The molecule has 2 unspecified atom stereocenters. The Labute approximate surface area is 102 Å². The van der Waals surface area contributed by atoms with Gasteiger partial charge in [-0.05, 0) is 28.5 Å². The van der Waals surface area contributed by atoms with Crippen LogP contribution in [-0.2, 0) is 4.79 Å². The molecule has 0 bridgehead atoms. The molecule has 2 aromatic rings. The molecule has 0 radical (unpaired) electrons. The number of hydrogen-bond acceptors (Lipinski definition) is 6. The minimum Gasteiger partial charge on any atom is -0.481 e. The number of hydrogen-bond donors (Lipinski definition) is 1. The summed E-state index contributed by atoms with van der Waals surface area (Å²) >= 11 is 0. The Morgan fingerprint density at radius 3 is 3.00 bits per heavy atom. The van der Waals surface area contributed by atoms with Crippen molar-refractivity contribution >= 4 is 17.4 Å². The highest BCUT2D eigenvalue weighted by molar-refractivity contribution is 5.72. The summed E-state index contributed by atoms with van der Waals surface area (Å²) in [6.45, 7) is 3.09. The lowest BCUT2D eigenvalue weighted by Crippen LogP contribution is -2.24. The summed E-state index contributed by atoms with van der Waals surface area (Å²) in [7, 11) is 0. The molecule has 0 saturated carbocycles. The predicted octanol–water partition coefficient (Wildman–Crippen LogP) is -0.324. The van der Waals surface area contributed by atoms with Gasteiger partial charge in [-0.15, -0.1) is 14.8 Å². The standard InChI is InChI=1S/C10H12N6O2/c1-6-4-15(5-7(6)10(17)18)9-3-2-8-11-13-14-16(8)12-9/h2-3,6-7H,4-5H2,1H3,(H,17,18). The number of carboxylic acid groups (broad SMARTS) is 1. The fourth-order valence-corrected chi connectivity index (χ4v) is 2.28. The van der Waals surface area contributed by atoms with Crippen LogP contribution in [0, 0.1) is 11.8 Å². The van der Waals surface area contributed by atoms with Crippen LogP contribution in [0.3, 0.4) is 0 Å². The molecule has 0 spiro atoms. The number of aromatic nitrogens is 5. The summed E-state index contributed by atoms with van der Waals surface area (Å²) in [5, 5.41) is 24.4. The first-order valence-corrected chi connectivity index (χ1v) is 5.68. The first kappa shape index (κ1) is 10.9. The summed E-state index contributed by atoms with van der Waals surface area (Å²) in [5.41, 5.74) is 0.570. The van der Waals surface area contributed by atoms with Crippen molar-refractivity contribution in [2.75, 3.05) is 18.0 Å². The fraction of sp³-hybridized carbons (Fsp3) is 0.500. The number of fused-ring (bicyclic) bond motifs is 1. The van der Waals surface area contributed by atoms with Crippen molar-refractivity contribution in [3.63, 3.8) is 0 Å². The van der Waals surface area contributed by atoms with Gasteiger partial charge in [-0.1, -0.05) is 6.92 Å². The van der Waals surface area contributed by atoms with Gasteiger partial charge in [0.2, 0.25) is 0 Å². The van der Waals surface area contributed by atoms with E-state index in [9.17, 15) is 4.79 Å². The molecule has 8 heteroatoms. The summed E-state index contributed by atoms with van der Waals surface area (Å²) in [5.74, 6) is -0.302. The van der Waals surface area contributed by atoms with Crippen LogP contribution < -0.4 is 4.90 Å². The van der Waals surface area contributed by atoms with Crippen molar-refractivity contribution in [3.05, 3.63) is 12.1 Å². The van der Waals surface area contributed by atoms with Crippen LogP contribution in [-0.4, -0.2) is 49.4 Å². The number of rotatable bonds is 2. The molecule has 0 aromatic carbocycles. The quantitative estimate of drug-likeness (QED) is 0.777. The van der Waals surface area contributed by atoms with E-state index in [-0.39, 0.29) is 11.8 Å². The Morgan fingerprint density at radius 1 is 1.44 bits per heavy atom. The summed E-state index contributed by atoms with van der Waals surface area (Å²) in [6.07, 6.45) is 0. The second-order valence-electron chi connectivity index (χ2n) is 4.55. The van der Waals surface area contributed by atoms with Crippen molar-refractivity contribution in [2.24, 2.45) is 11.8 Å². The van der Waals surface area contributed by atoms with E-state index in [0.717, 1.165) is 0 Å². The van der Waals surface area contributed by atoms with E-state index in [4.69, 9.17) is 5.11 Å². The van der Waals surface area contributed by atoms with Gasteiger partial charge in [0.1, 0.15) is 0 Å². The van der Waals surface area contributed by atoms with Gasteiger partial charge in [0.25, 0.3) is 0 Å². The Balaban J connectivity index is 1.89. The molecule has 1 aliphatic rings. The van der Waals surface area contributed by atoms with E-state index in [0.29, 0.717) is 24.6 Å². The monoisotopic (exact) mass is 248 g/mol. The molecule has 94 valence electrons. The van der Waals surface area contributed by atoms with Crippen LogP contribution in [0.25, 0.3) is 5.65 Å². The van der Waals surface area contributed by atoms with E-state index < -0.39 is 5.97 Å². The molecule has 1 N–H and O–H groups in total. The lowest BCUT2D eigenvalue weighted by atomic mass is 9.99. The second kappa shape index (κ2) is 3.90. The van der Waals surface area contributed by atoms with Crippen LogP contribution in [0.1, 0.15) is 6.92 Å². The molecule has 0 amide bonds. The average molecular weight is 248 g/mol. The van der Waals surface area contributed by atoms with Crippen molar-refractivity contribution in [1.29, 1.82) is 0 Å². The van der Waals surface area contributed by atoms with Crippen molar-refractivity contribution in [3.8, 4) is 0 Å². The predicted molar refractivity (Wildman–Crippen MR) is 61.1 cm³/mol. The minimum absolute atomic E-state index is 0.105. The first-order valence-electron chi connectivity index (χ1n) is 5.68. The van der Waals surface area contributed by atoms with Gasteiger partial charge in [-0.3, -0.25) is 4.79 Å². The molecule has 1 fully saturated rings. The van der Waals surface area contributed by atoms with Gasteiger partial charge in [0, 0.05) is 13.1 Å². The topological polar surface area (TPSA) is 96.5 Å². The molecular weight excluding hydrogens is 236 g/mol. The zero-order valence-electron chi connectivity index (χ0n) is 9.76. The Morgan fingerprint density at radius 2 is 2.28 bits per heavy atom. The van der Waals surface area contributed by atoms with Crippen LogP contribution in [0.4, 0.5) is 5.82 Å². The maximum atomic E-state index is 11.1. The number of tetrazole rings is 1. The lowest BCUT2D eigenvalue weighted by Gasteiger charge is -2.15. The van der Waals surface area contributed by atoms with Gasteiger partial charge in [-0.2, -0.15) is 0 Å². The zero-order chi connectivity index (χ0) is 12.7. The molecule has 8 nitrogen and oxygen atoms in total. The van der Waals surface area contributed by atoms with Crippen LogP contribution in [0.15, 0.2) is 12.1 Å². The molecule has 0 aliphatic carbocycles. The SMILES string of the molecule is CC1CN(c2ccc3nnnn3n2)CC1C(=O)O. The molecule has 1 aliphatic heterocycles. The van der Waals surface area contributed by atoms with Crippen molar-refractivity contribution < 1.29 is 9.90 Å². The number of carbonyl (C=O) groups is 1. The smallest absolute Gasteiger partial charge is 0.308 e. The van der Waals surface area contributed by atoms with Gasteiger partial charge >= 0.3 is 5.97 Å². The second-order valence-corrected chi connectivity index (χ2v) is 4.55. The average Bonchev–Trinajstić information content (AvgIpc) is 2.93. The largest absolute Gasteiger partial charge is 0.481 e. The van der Waals surface area contributed by atoms with Gasteiger partial charge < -0.3 is 10.0 Å². The van der Waals surface area contributed by atoms with Gasteiger partial charge in [0.05, 0.1) is 5.92 Å². The van der Waals surface area contributed by atoms with E-state index in [2.05, 4.69) is 20.6 Å². The maximum absolute atomic E-state index is 11.1. The third-order valence-corrected chi connectivity index (χ3v) is 3.31. The Hall–Kier alpha value is -2.25. The van der Waals surface area contributed by atoms with Crippen LogP contribution >= 0.6 is 0 Å². The third-order valence-electron chi connectivity index (χ3n) is 3.31. The molecular formula is C10H12N6O2. The normalized spacial score (nSPS) is 23.7. The maximum Gasteiger partial charge on any atom is 0.308 e. The highest BCUT2D eigenvalue weighted by Gasteiger charge is 2.35. The summed E-state index contributed by atoms with van der Waals surface area (Å²) < 4.78 is 1.34. The molecule has 1 saturated heterocycles. The van der Waals surface area contributed by atoms with Crippen LogP contribution in [0.5, 0.6) is 0 Å².